The summed E-state index contributed by atoms with van der Waals surface area (Å²) in [5.74, 6) is -3.10. The van der Waals surface area contributed by atoms with Gasteiger partial charge in [0.25, 0.3) is 0 Å². The number of fused-ring (bicyclic) bond motifs is 1. The molecular formula is C17H21NO4. The Kier molecular flexibility index (Phi) is 3.68. The summed E-state index contributed by atoms with van der Waals surface area (Å²) < 4.78 is 0. The number of aryl methyl sites for hydroxylation is 1. The van der Waals surface area contributed by atoms with Crippen LogP contribution in [-0.2, 0) is 16.0 Å². The van der Waals surface area contributed by atoms with E-state index < -0.39 is 29.3 Å². The van der Waals surface area contributed by atoms with Crippen molar-refractivity contribution in [3.05, 3.63) is 35.9 Å². The second kappa shape index (κ2) is 5.39. The van der Waals surface area contributed by atoms with Crippen LogP contribution in [0.2, 0.25) is 0 Å². The van der Waals surface area contributed by atoms with Crippen molar-refractivity contribution in [2.45, 2.75) is 31.2 Å². The standard InChI is InChI=1S/C17H21NO4/c18-17(16(21)22)11(9-12-13(14(12)17)15(19)20)8-4-7-10-5-2-1-3-6-10/h1-3,5-6,11-14H,4,7-9,18H2,(H,19,20)(H,21,22). The molecule has 2 saturated carbocycles. The summed E-state index contributed by atoms with van der Waals surface area (Å²) in [7, 11) is 0. The minimum atomic E-state index is -1.37. The number of aliphatic carboxylic acids is 2. The Hall–Kier alpha value is -1.88. The molecule has 118 valence electrons. The van der Waals surface area contributed by atoms with E-state index in [1.807, 2.05) is 18.2 Å². The van der Waals surface area contributed by atoms with Crippen molar-refractivity contribution in [1.82, 2.24) is 0 Å². The lowest BCUT2D eigenvalue weighted by molar-refractivity contribution is -0.147. The molecule has 0 heterocycles. The van der Waals surface area contributed by atoms with E-state index >= 15 is 0 Å². The van der Waals surface area contributed by atoms with E-state index in [1.165, 1.54) is 5.56 Å². The molecule has 2 aliphatic carbocycles. The van der Waals surface area contributed by atoms with E-state index in [-0.39, 0.29) is 11.8 Å². The number of carbonyl (C=O) groups is 2. The molecule has 0 saturated heterocycles. The van der Waals surface area contributed by atoms with E-state index in [0.717, 1.165) is 19.3 Å². The predicted molar refractivity (Wildman–Crippen MR) is 80.1 cm³/mol. The Bertz CT molecular complexity index is 588. The van der Waals surface area contributed by atoms with Crippen LogP contribution in [0.1, 0.15) is 24.8 Å². The maximum atomic E-state index is 11.7. The van der Waals surface area contributed by atoms with Gasteiger partial charge in [0, 0.05) is 5.92 Å². The van der Waals surface area contributed by atoms with Crippen molar-refractivity contribution in [3.63, 3.8) is 0 Å². The first-order valence-corrected chi connectivity index (χ1v) is 7.75. The average molecular weight is 303 g/mol. The Morgan fingerprint density at radius 1 is 1.23 bits per heavy atom. The number of hydrogen-bond donors (Lipinski definition) is 3. The van der Waals surface area contributed by atoms with Gasteiger partial charge in [0.15, 0.2) is 0 Å². The summed E-state index contributed by atoms with van der Waals surface area (Å²) in [6.07, 6.45) is 3.12. The molecule has 5 nitrogen and oxygen atoms in total. The lowest BCUT2D eigenvalue weighted by Gasteiger charge is -2.30. The average Bonchev–Trinajstić information content (AvgIpc) is 3.14. The minimum absolute atomic E-state index is 0.0553. The molecule has 5 heteroatoms. The van der Waals surface area contributed by atoms with E-state index in [2.05, 4.69) is 12.1 Å². The number of hydrogen-bond acceptors (Lipinski definition) is 3. The van der Waals surface area contributed by atoms with Crippen LogP contribution in [0.5, 0.6) is 0 Å². The summed E-state index contributed by atoms with van der Waals surface area (Å²) in [5.41, 5.74) is 6.03. The van der Waals surface area contributed by atoms with Gasteiger partial charge in [-0.2, -0.15) is 0 Å². The minimum Gasteiger partial charge on any atom is -0.481 e. The van der Waals surface area contributed by atoms with Gasteiger partial charge >= 0.3 is 11.9 Å². The van der Waals surface area contributed by atoms with Gasteiger partial charge < -0.3 is 15.9 Å². The molecule has 1 aromatic rings. The molecule has 2 aliphatic rings. The third-order valence-corrected chi connectivity index (χ3v) is 5.47. The second-order valence-corrected chi connectivity index (χ2v) is 6.60. The summed E-state index contributed by atoms with van der Waals surface area (Å²) in [6, 6.07) is 10.1. The van der Waals surface area contributed by atoms with E-state index in [1.54, 1.807) is 0 Å². The number of benzene rings is 1. The Morgan fingerprint density at radius 2 is 1.91 bits per heavy atom. The number of carboxylic acids is 2. The molecule has 22 heavy (non-hydrogen) atoms. The first kappa shape index (κ1) is 15.0. The van der Waals surface area contributed by atoms with Gasteiger partial charge in [-0.1, -0.05) is 30.3 Å². The van der Waals surface area contributed by atoms with E-state index in [4.69, 9.17) is 10.8 Å². The van der Waals surface area contributed by atoms with Gasteiger partial charge in [0.2, 0.25) is 0 Å². The fourth-order valence-corrected chi connectivity index (χ4v) is 4.32. The molecule has 0 radical (unpaired) electrons. The maximum Gasteiger partial charge on any atom is 0.324 e. The zero-order chi connectivity index (χ0) is 15.9. The third kappa shape index (κ3) is 2.29. The first-order chi connectivity index (χ1) is 10.5. The van der Waals surface area contributed by atoms with Gasteiger partial charge in [-0.05, 0) is 43.1 Å². The van der Waals surface area contributed by atoms with Crippen molar-refractivity contribution in [1.29, 1.82) is 0 Å². The summed E-state index contributed by atoms with van der Waals surface area (Å²) >= 11 is 0. The zero-order valence-corrected chi connectivity index (χ0v) is 12.3. The summed E-state index contributed by atoms with van der Waals surface area (Å²) in [6.45, 7) is 0. The monoisotopic (exact) mass is 303 g/mol. The topological polar surface area (TPSA) is 101 Å². The fraction of sp³-hybridized carbons (Fsp3) is 0.529. The molecule has 0 bridgehead atoms. The van der Waals surface area contributed by atoms with Gasteiger partial charge in [0.1, 0.15) is 5.54 Å². The van der Waals surface area contributed by atoms with E-state index in [9.17, 15) is 14.7 Å². The van der Waals surface area contributed by atoms with Crippen LogP contribution in [0, 0.1) is 23.7 Å². The van der Waals surface area contributed by atoms with Crippen LogP contribution in [0.3, 0.4) is 0 Å². The normalized spacial score (nSPS) is 35.9. The predicted octanol–water partition coefficient (Wildman–Crippen LogP) is 1.76. The second-order valence-electron chi connectivity index (χ2n) is 6.60. The third-order valence-electron chi connectivity index (χ3n) is 5.47. The van der Waals surface area contributed by atoms with Crippen molar-refractivity contribution in [3.8, 4) is 0 Å². The Morgan fingerprint density at radius 3 is 2.50 bits per heavy atom. The molecule has 0 aromatic heterocycles. The van der Waals surface area contributed by atoms with Crippen LogP contribution in [0.25, 0.3) is 0 Å². The molecular weight excluding hydrogens is 282 g/mol. The molecule has 2 fully saturated rings. The van der Waals surface area contributed by atoms with Crippen LogP contribution in [0.15, 0.2) is 30.3 Å². The van der Waals surface area contributed by atoms with E-state index in [0.29, 0.717) is 6.42 Å². The molecule has 5 atom stereocenters. The maximum absolute atomic E-state index is 11.7. The lowest BCUT2D eigenvalue weighted by Crippen LogP contribution is -2.55. The number of nitrogens with two attached hydrogens (primary N) is 1. The number of rotatable bonds is 6. The first-order valence-electron chi connectivity index (χ1n) is 7.75. The highest BCUT2D eigenvalue weighted by Gasteiger charge is 2.73. The molecule has 0 aliphatic heterocycles. The highest BCUT2D eigenvalue weighted by molar-refractivity contribution is 5.85. The molecule has 0 spiro atoms. The van der Waals surface area contributed by atoms with Gasteiger partial charge in [-0.3, -0.25) is 9.59 Å². The van der Waals surface area contributed by atoms with Gasteiger partial charge in [0.05, 0.1) is 5.92 Å². The van der Waals surface area contributed by atoms with Crippen LogP contribution in [0.4, 0.5) is 0 Å². The summed E-state index contributed by atoms with van der Waals surface area (Å²) in [4.78, 5) is 22.8. The smallest absolute Gasteiger partial charge is 0.324 e. The lowest BCUT2D eigenvalue weighted by atomic mass is 9.78. The Balaban J connectivity index is 1.63. The van der Waals surface area contributed by atoms with Crippen molar-refractivity contribution in [2.75, 3.05) is 0 Å². The summed E-state index contributed by atoms with van der Waals surface area (Å²) in [5, 5.41) is 18.7. The van der Waals surface area contributed by atoms with Crippen molar-refractivity contribution >= 4 is 11.9 Å². The van der Waals surface area contributed by atoms with Crippen LogP contribution in [-0.4, -0.2) is 27.7 Å². The quantitative estimate of drug-likeness (QED) is 0.743. The van der Waals surface area contributed by atoms with Crippen LogP contribution >= 0.6 is 0 Å². The largest absolute Gasteiger partial charge is 0.481 e. The Labute approximate surface area is 129 Å². The van der Waals surface area contributed by atoms with Crippen LogP contribution < -0.4 is 5.73 Å². The SMILES string of the molecule is NC1(C(=O)O)C(CCCc2ccccc2)CC2C(C(=O)O)C21. The molecule has 5 unspecified atom stereocenters. The number of carboxylic acid groups (broad SMARTS) is 2. The highest BCUT2D eigenvalue weighted by Crippen LogP contribution is 2.64. The van der Waals surface area contributed by atoms with Crippen molar-refractivity contribution < 1.29 is 19.8 Å². The van der Waals surface area contributed by atoms with Gasteiger partial charge in [-0.15, -0.1) is 0 Å². The molecule has 1 aromatic carbocycles. The molecule has 3 rings (SSSR count). The fourth-order valence-electron chi connectivity index (χ4n) is 4.32. The molecule has 4 N–H and O–H groups in total. The highest BCUT2D eigenvalue weighted by atomic mass is 16.4. The zero-order valence-electron chi connectivity index (χ0n) is 12.3. The molecule has 0 amide bonds. The van der Waals surface area contributed by atoms with Crippen molar-refractivity contribution in [2.24, 2.45) is 29.4 Å². The van der Waals surface area contributed by atoms with Gasteiger partial charge in [-0.25, -0.2) is 0 Å².